The van der Waals surface area contributed by atoms with E-state index in [0.29, 0.717) is 11.3 Å². The molecule has 3 heteroatoms. The van der Waals surface area contributed by atoms with E-state index in [9.17, 15) is 9.50 Å². The van der Waals surface area contributed by atoms with E-state index in [1.807, 2.05) is 0 Å². The molecule has 1 N–H and O–H groups in total. The molecular weight excluding hydrogens is 267 g/mol. The fourth-order valence-electron chi connectivity index (χ4n) is 3.61. The molecule has 1 heterocycles. The van der Waals surface area contributed by atoms with Crippen molar-refractivity contribution in [3.05, 3.63) is 35.8 Å². The smallest absolute Gasteiger partial charge is 0.134 e. The minimum atomic E-state index is -0.567. The average molecular weight is 290 g/mol. The Morgan fingerprint density at radius 2 is 2.00 bits per heavy atom. The van der Waals surface area contributed by atoms with Crippen LogP contribution in [0.15, 0.2) is 28.7 Å². The normalized spacial score (nSPS) is 24.3. The number of hydrogen-bond acceptors (Lipinski definition) is 2. The summed E-state index contributed by atoms with van der Waals surface area (Å²) in [5.41, 5.74) is 0.644. The average Bonchev–Trinajstić information content (AvgIpc) is 2.90. The number of aliphatic hydroxyl groups excluding tert-OH is 1. The highest BCUT2D eigenvalue weighted by atomic mass is 19.1. The monoisotopic (exact) mass is 290 g/mol. The van der Waals surface area contributed by atoms with Gasteiger partial charge in [0.05, 0.1) is 0 Å². The predicted molar refractivity (Wildman–Crippen MR) is 81.5 cm³/mol. The van der Waals surface area contributed by atoms with Gasteiger partial charge in [0.2, 0.25) is 0 Å². The Bertz CT molecular complexity index is 596. The Hall–Kier alpha value is -1.35. The standard InChI is InChI=1S/C18H23FO2/c1-2-3-12-4-6-13(7-5-12)18(20)17-11-14-10-15(19)8-9-16(14)21-17/h8-13,18,20H,2-7H2,1H3. The maximum absolute atomic E-state index is 13.2. The van der Waals surface area contributed by atoms with Crippen LogP contribution in [0.3, 0.4) is 0 Å². The van der Waals surface area contributed by atoms with E-state index in [1.165, 1.54) is 37.8 Å². The van der Waals surface area contributed by atoms with Crippen LogP contribution in [0.25, 0.3) is 11.0 Å². The predicted octanol–water partition coefficient (Wildman–Crippen LogP) is 5.21. The van der Waals surface area contributed by atoms with Gasteiger partial charge in [-0.15, -0.1) is 0 Å². The number of benzene rings is 1. The molecule has 2 aromatic rings. The van der Waals surface area contributed by atoms with Crippen molar-refractivity contribution in [1.29, 1.82) is 0 Å². The van der Waals surface area contributed by atoms with Crippen molar-refractivity contribution >= 4 is 11.0 Å². The maximum atomic E-state index is 13.2. The van der Waals surface area contributed by atoms with Crippen LogP contribution in [0, 0.1) is 17.7 Å². The zero-order valence-electron chi connectivity index (χ0n) is 12.5. The van der Waals surface area contributed by atoms with Crippen molar-refractivity contribution in [1.82, 2.24) is 0 Å². The lowest BCUT2D eigenvalue weighted by Crippen LogP contribution is -2.20. The topological polar surface area (TPSA) is 33.4 Å². The Labute approximate surface area is 125 Å². The Morgan fingerprint density at radius 1 is 1.24 bits per heavy atom. The number of aliphatic hydroxyl groups is 1. The first-order valence-corrected chi connectivity index (χ1v) is 8.04. The van der Waals surface area contributed by atoms with Crippen LogP contribution >= 0.6 is 0 Å². The van der Waals surface area contributed by atoms with Gasteiger partial charge < -0.3 is 9.52 Å². The first-order valence-electron chi connectivity index (χ1n) is 8.04. The summed E-state index contributed by atoms with van der Waals surface area (Å²) in [6.07, 6.45) is 6.48. The molecule has 1 atom stereocenters. The number of fused-ring (bicyclic) bond motifs is 1. The van der Waals surface area contributed by atoms with Crippen LogP contribution < -0.4 is 0 Å². The van der Waals surface area contributed by atoms with Crippen molar-refractivity contribution in [3.8, 4) is 0 Å². The number of hydrogen-bond donors (Lipinski definition) is 1. The van der Waals surface area contributed by atoms with Crippen LogP contribution in [0.5, 0.6) is 0 Å². The van der Waals surface area contributed by atoms with Crippen LogP contribution in [-0.4, -0.2) is 5.11 Å². The molecule has 21 heavy (non-hydrogen) atoms. The maximum Gasteiger partial charge on any atom is 0.134 e. The summed E-state index contributed by atoms with van der Waals surface area (Å²) in [4.78, 5) is 0. The number of rotatable bonds is 4. The lowest BCUT2D eigenvalue weighted by Gasteiger charge is -2.30. The summed E-state index contributed by atoms with van der Waals surface area (Å²) >= 11 is 0. The van der Waals surface area contributed by atoms with Crippen LogP contribution in [0.1, 0.15) is 57.3 Å². The largest absolute Gasteiger partial charge is 0.458 e. The second kappa shape index (κ2) is 6.18. The summed E-state index contributed by atoms with van der Waals surface area (Å²) < 4.78 is 18.9. The van der Waals surface area contributed by atoms with Gasteiger partial charge in [-0.05, 0) is 48.9 Å². The Morgan fingerprint density at radius 3 is 2.71 bits per heavy atom. The van der Waals surface area contributed by atoms with E-state index in [0.717, 1.165) is 24.1 Å². The fraction of sp³-hybridized carbons (Fsp3) is 0.556. The third kappa shape index (κ3) is 3.13. The molecule has 0 bridgehead atoms. The van der Waals surface area contributed by atoms with E-state index >= 15 is 0 Å². The van der Waals surface area contributed by atoms with Crippen molar-refractivity contribution in [2.45, 2.75) is 51.6 Å². The highest BCUT2D eigenvalue weighted by molar-refractivity contribution is 5.77. The van der Waals surface area contributed by atoms with E-state index in [-0.39, 0.29) is 11.7 Å². The summed E-state index contributed by atoms with van der Waals surface area (Å²) in [7, 11) is 0. The molecule has 1 aliphatic rings. The summed E-state index contributed by atoms with van der Waals surface area (Å²) in [5, 5.41) is 11.3. The first kappa shape index (κ1) is 14.6. The lowest BCUT2D eigenvalue weighted by atomic mass is 9.77. The Kier molecular flexibility index (Phi) is 4.29. The second-order valence-electron chi connectivity index (χ2n) is 6.35. The van der Waals surface area contributed by atoms with Crippen molar-refractivity contribution in [2.24, 2.45) is 11.8 Å². The first-order chi connectivity index (χ1) is 10.2. The lowest BCUT2D eigenvalue weighted by molar-refractivity contribution is 0.0560. The van der Waals surface area contributed by atoms with Gasteiger partial charge in [0, 0.05) is 5.39 Å². The molecule has 0 radical (unpaired) electrons. The van der Waals surface area contributed by atoms with Gasteiger partial charge in [0.15, 0.2) is 0 Å². The molecule has 0 amide bonds. The van der Waals surface area contributed by atoms with E-state index in [1.54, 1.807) is 12.1 Å². The molecule has 1 aliphatic carbocycles. The quantitative estimate of drug-likeness (QED) is 0.838. The fourth-order valence-corrected chi connectivity index (χ4v) is 3.61. The molecule has 1 unspecified atom stereocenters. The van der Waals surface area contributed by atoms with Gasteiger partial charge in [-0.25, -0.2) is 4.39 Å². The number of furan rings is 1. The highest BCUT2D eigenvalue weighted by Crippen LogP contribution is 2.39. The second-order valence-corrected chi connectivity index (χ2v) is 6.35. The molecule has 1 aromatic carbocycles. The molecule has 0 saturated heterocycles. The van der Waals surface area contributed by atoms with Crippen LogP contribution in [0.4, 0.5) is 4.39 Å². The molecule has 2 nitrogen and oxygen atoms in total. The minimum Gasteiger partial charge on any atom is -0.458 e. The molecule has 1 saturated carbocycles. The van der Waals surface area contributed by atoms with Gasteiger partial charge >= 0.3 is 0 Å². The number of halogens is 1. The van der Waals surface area contributed by atoms with Gasteiger partial charge in [-0.2, -0.15) is 0 Å². The summed E-state index contributed by atoms with van der Waals surface area (Å²) in [6, 6.07) is 6.24. The molecule has 1 aromatic heterocycles. The van der Waals surface area contributed by atoms with E-state index < -0.39 is 6.10 Å². The van der Waals surface area contributed by atoms with Crippen molar-refractivity contribution in [2.75, 3.05) is 0 Å². The van der Waals surface area contributed by atoms with Crippen molar-refractivity contribution in [3.63, 3.8) is 0 Å². The van der Waals surface area contributed by atoms with Gasteiger partial charge in [0.25, 0.3) is 0 Å². The third-order valence-corrected chi connectivity index (χ3v) is 4.82. The molecule has 1 fully saturated rings. The van der Waals surface area contributed by atoms with Crippen molar-refractivity contribution < 1.29 is 13.9 Å². The van der Waals surface area contributed by atoms with Gasteiger partial charge in [-0.3, -0.25) is 0 Å². The van der Waals surface area contributed by atoms with Gasteiger partial charge in [0.1, 0.15) is 23.3 Å². The SMILES string of the molecule is CCCC1CCC(C(O)c2cc3cc(F)ccc3o2)CC1. The van der Waals surface area contributed by atoms with E-state index in [2.05, 4.69) is 6.92 Å². The third-order valence-electron chi connectivity index (χ3n) is 4.82. The van der Waals surface area contributed by atoms with Crippen LogP contribution in [0.2, 0.25) is 0 Å². The summed E-state index contributed by atoms with van der Waals surface area (Å²) in [5.74, 6) is 1.39. The zero-order chi connectivity index (χ0) is 14.8. The van der Waals surface area contributed by atoms with Crippen LogP contribution in [-0.2, 0) is 0 Å². The molecule has 3 rings (SSSR count). The highest BCUT2D eigenvalue weighted by Gasteiger charge is 2.29. The van der Waals surface area contributed by atoms with Gasteiger partial charge in [-0.1, -0.05) is 32.6 Å². The molecular formula is C18H23FO2. The minimum absolute atomic E-state index is 0.267. The zero-order valence-corrected chi connectivity index (χ0v) is 12.5. The molecule has 0 spiro atoms. The molecule has 0 aliphatic heterocycles. The van der Waals surface area contributed by atoms with E-state index in [4.69, 9.17) is 4.42 Å². The summed E-state index contributed by atoms with van der Waals surface area (Å²) in [6.45, 7) is 2.23. The molecule has 114 valence electrons. The Balaban J connectivity index is 1.70.